The third-order valence-electron chi connectivity index (χ3n) is 4.08. The predicted octanol–water partition coefficient (Wildman–Crippen LogP) is 2.64. The number of aryl methyl sites for hydroxylation is 2. The molecule has 0 aliphatic rings. The minimum atomic E-state index is -0.446. The van der Waals surface area contributed by atoms with E-state index in [2.05, 4.69) is 15.3 Å². The van der Waals surface area contributed by atoms with Crippen LogP contribution in [0.4, 0.5) is 5.13 Å². The van der Waals surface area contributed by atoms with Crippen LogP contribution in [0.25, 0.3) is 11.3 Å². The standard InChI is InChI=1S/C19H20N4O4S/c1-11-7-12(2)23(19(25)20-11)9-17(24)22-18-21-14(10-28-18)13-5-6-15(26-3)16(8-13)27-4/h5-8,10H,9H2,1-4H3,(H,21,22,24). The Bertz CT molecular complexity index is 1070. The molecule has 0 fully saturated rings. The number of rotatable bonds is 6. The number of benzene rings is 1. The number of nitrogens with zero attached hydrogens (tertiary/aromatic N) is 3. The molecular formula is C19H20N4O4S. The number of ether oxygens (including phenoxy) is 2. The quantitative estimate of drug-likeness (QED) is 0.683. The molecule has 0 unspecified atom stereocenters. The first-order valence-electron chi connectivity index (χ1n) is 8.44. The molecule has 0 radical (unpaired) electrons. The van der Waals surface area contributed by atoms with Crippen molar-refractivity contribution in [1.82, 2.24) is 14.5 Å². The average Bonchev–Trinajstić information content (AvgIpc) is 3.12. The maximum atomic E-state index is 12.3. The van der Waals surface area contributed by atoms with E-state index in [4.69, 9.17) is 9.47 Å². The molecule has 0 aliphatic heterocycles. The largest absolute Gasteiger partial charge is 0.493 e. The van der Waals surface area contributed by atoms with E-state index in [0.717, 1.165) is 5.56 Å². The van der Waals surface area contributed by atoms with E-state index in [-0.39, 0.29) is 12.5 Å². The molecule has 3 rings (SSSR count). The molecule has 3 aromatic rings. The van der Waals surface area contributed by atoms with Gasteiger partial charge in [0.05, 0.1) is 19.9 Å². The Labute approximate surface area is 165 Å². The average molecular weight is 400 g/mol. The summed E-state index contributed by atoms with van der Waals surface area (Å²) in [5.41, 5.74) is 2.39. The number of anilines is 1. The molecule has 9 heteroatoms. The van der Waals surface area contributed by atoms with Gasteiger partial charge in [0.25, 0.3) is 0 Å². The predicted molar refractivity (Wildman–Crippen MR) is 107 cm³/mol. The zero-order valence-electron chi connectivity index (χ0n) is 16.0. The van der Waals surface area contributed by atoms with E-state index in [0.29, 0.717) is 33.7 Å². The first-order chi connectivity index (χ1) is 13.4. The van der Waals surface area contributed by atoms with Gasteiger partial charge < -0.3 is 14.8 Å². The zero-order valence-corrected chi connectivity index (χ0v) is 16.8. The molecule has 146 valence electrons. The summed E-state index contributed by atoms with van der Waals surface area (Å²) in [7, 11) is 3.14. The maximum absolute atomic E-state index is 12.3. The van der Waals surface area contributed by atoms with E-state index in [1.54, 1.807) is 40.2 Å². The van der Waals surface area contributed by atoms with E-state index < -0.39 is 5.69 Å². The smallest absolute Gasteiger partial charge is 0.348 e. The summed E-state index contributed by atoms with van der Waals surface area (Å²) in [5.74, 6) is 0.881. The number of amides is 1. The summed E-state index contributed by atoms with van der Waals surface area (Å²) < 4.78 is 11.9. The monoisotopic (exact) mass is 400 g/mol. The highest BCUT2D eigenvalue weighted by Gasteiger charge is 2.13. The van der Waals surface area contributed by atoms with E-state index in [1.807, 2.05) is 17.5 Å². The summed E-state index contributed by atoms with van der Waals surface area (Å²) >= 11 is 1.30. The number of aromatic nitrogens is 3. The molecule has 1 N–H and O–H groups in total. The Hall–Kier alpha value is -3.20. The van der Waals surface area contributed by atoms with E-state index in [1.165, 1.54) is 15.9 Å². The van der Waals surface area contributed by atoms with Crippen molar-refractivity contribution in [2.75, 3.05) is 19.5 Å². The van der Waals surface area contributed by atoms with Gasteiger partial charge in [-0.15, -0.1) is 11.3 Å². The second-order valence-electron chi connectivity index (χ2n) is 6.06. The molecule has 2 aromatic heterocycles. The first-order valence-corrected chi connectivity index (χ1v) is 9.32. The summed E-state index contributed by atoms with van der Waals surface area (Å²) in [6.45, 7) is 3.38. The van der Waals surface area contributed by atoms with Crippen molar-refractivity contribution in [1.29, 1.82) is 0 Å². The van der Waals surface area contributed by atoms with Gasteiger partial charge in [-0.3, -0.25) is 9.36 Å². The summed E-state index contributed by atoms with van der Waals surface area (Å²) in [6.07, 6.45) is 0. The lowest BCUT2D eigenvalue weighted by Crippen LogP contribution is -2.31. The van der Waals surface area contributed by atoms with Gasteiger partial charge in [-0.05, 0) is 38.1 Å². The lowest BCUT2D eigenvalue weighted by Gasteiger charge is -2.09. The Morgan fingerprint density at radius 1 is 1.14 bits per heavy atom. The Kier molecular flexibility index (Phi) is 5.74. The Balaban J connectivity index is 1.75. The lowest BCUT2D eigenvalue weighted by atomic mass is 10.1. The van der Waals surface area contributed by atoms with Crippen molar-refractivity contribution in [2.45, 2.75) is 20.4 Å². The highest BCUT2D eigenvalue weighted by Crippen LogP contribution is 2.33. The molecule has 2 heterocycles. The lowest BCUT2D eigenvalue weighted by molar-refractivity contribution is -0.116. The molecule has 0 saturated carbocycles. The molecule has 8 nitrogen and oxygen atoms in total. The van der Waals surface area contributed by atoms with Crippen molar-refractivity contribution >= 4 is 22.4 Å². The van der Waals surface area contributed by atoms with Gasteiger partial charge in [-0.1, -0.05) is 0 Å². The third-order valence-corrected chi connectivity index (χ3v) is 4.84. The number of hydrogen-bond donors (Lipinski definition) is 1. The van der Waals surface area contributed by atoms with Crippen molar-refractivity contribution in [2.24, 2.45) is 0 Å². The van der Waals surface area contributed by atoms with Gasteiger partial charge in [0, 0.05) is 22.3 Å². The molecule has 0 saturated heterocycles. The Morgan fingerprint density at radius 2 is 1.89 bits per heavy atom. The van der Waals surface area contributed by atoms with Gasteiger partial charge in [-0.25, -0.2) is 9.78 Å². The Morgan fingerprint density at radius 3 is 2.57 bits per heavy atom. The molecule has 1 amide bonds. The van der Waals surface area contributed by atoms with Gasteiger partial charge >= 0.3 is 5.69 Å². The van der Waals surface area contributed by atoms with Crippen LogP contribution in [-0.4, -0.2) is 34.7 Å². The summed E-state index contributed by atoms with van der Waals surface area (Å²) in [4.78, 5) is 32.6. The number of hydrogen-bond acceptors (Lipinski definition) is 7. The number of carbonyl (C=O) groups excluding carboxylic acids is 1. The van der Waals surface area contributed by atoms with Crippen molar-refractivity contribution in [3.63, 3.8) is 0 Å². The van der Waals surface area contributed by atoms with Crippen molar-refractivity contribution in [3.8, 4) is 22.8 Å². The molecular weight excluding hydrogens is 380 g/mol. The number of methoxy groups -OCH3 is 2. The van der Waals surface area contributed by atoms with Crippen molar-refractivity contribution < 1.29 is 14.3 Å². The second-order valence-corrected chi connectivity index (χ2v) is 6.92. The molecule has 0 bridgehead atoms. The van der Waals surface area contributed by atoms with Crippen LogP contribution in [0.1, 0.15) is 11.4 Å². The maximum Gasteiger partial charge on any atom is 0.348 e. The number of nitrogens with one attached hydrogen (secondary N) is 1. The fourth-order valence-electron chi connectivity index (χ4n) is 2.73. The van der Waals surface area contributed by atoms with Gasteiger partial charge in [0.1, 0.15) is 6.54 Å². The van der Waals surface area contributed by atoms with Crippen LogP contribution in [0.2, 0.25) is 0 Å². The van der Waals surface area contributed by atoms with Gasteiger partial charge in [-0.2, -0.15) is 4.98 Å². The van der Waals surface area contributed by atoms with Crippen molar-refractivity contribution in [3.05, 3.63) is 51.5 Å². The van der Waals surface area contributed by atoms with E-state index >= 15 is 0 Å². The molecule has 0 atom stereocenters. The van der Waals surface area contributed by atoms with Crippen LogP contribution in [0.15, 0.2) is 34.4 Å². The fourth-order valence-corrected chi connectivity index (χ4v) is 3.46. The molecule has 1 aromatic carbocycles. The number of thiazole rings is 1. The van der Waals surface area contributed by atoms with Crippen LogP contribution in [0, 0.1) is 13.8 Å². The second kappa shape index (κ2) is 8.22. The van der Waals surface area contributed by atoms with Crippen LogP contribution < -0.4 is 20.5 Å². The zero-order chi connectivity index (χ0) is 20.3. The van der Waals surface area contributed by atoms with Gasteiger partial charge in [0.2, 0.25) is 5.91 Å². The SMILES string of the molecule is COc1ccc(-c2csc(NC(=O)Cn3c(C)cc(C)nc3=O)n2)cc1OC. The fraction of sp³-hybridized carbons (Fsp3) is 0.263. The third kappa shape index (κ3) is 4.20. The molecule has 0 spiro atoms. The van der Waals surface area contributed by atoms with E-state index in [9.17, 15) is 9.59 Å². The molecule has 28 heavy (non-hydrogen) atoms. The first kappa shape index (κ1) is 19.6. The van der Waals surface area contributed by atoms with Crippen LogP contribution >= 0.6 is 11.3 Å². The highest BCUT2D eigenvalue weighted by atomic mass is 32.1. The normalized spacial score (nSPS) is 10.6. The summed E-state index contributed by atoms with van der Waals surface area (Å²) in [5, 5.41) is 5.01. The topological polar surface area (TPSA) is 95.3 Å². The highest BCUT2D eigenvalue weighted by molar-refractivity contribution is 7.14. The minimum Gasteiger partial charge on any atom is -0.493 e. The summed E-state index contributed by atoms with van der Waals surface area (Å²) in [6, 6.07) is 7.24. The van der Waals surface area contributed by atoms with Gasteiger partial charge in [0.15, 0.2) is 16.6 Å². The van der Waals surface area contributed by atoms with Crippen LogP contribution in [0.3, 0.4) is 0 Å². The van der Waals surface area contributed by atoms with Crippen LogP contribution in [-0.2, 0) is 11.3 Å². The minimum absolute atomic E-state index is 0.122. The molecule has 0 aliphatic carbocycles. The van der Waals surface area contributed by atoms with Crippen LogP contribution in [0.5, 0.6) is 11.5 Å². The number of carbonyl (C=O) groups is 1.